The highest BCUT2D eigenvalue weighted by Crippen LogP contribution is 2.16. The first-order valence-corrected chi connectivity index (χ1v) is 5.91. The van der Waals surface area contributed by atoms with E-state index in [2.05, 4.69) is 10.4 Å². The van der Waals surface area contributed by atoms with E-state index in [9.17, 15) is 0 Å². The zero-order chi connectivity index (χ0) is 12.8. The summed E-state index contributed by atoms with van der Waals surface area (Å²) in [6, 6.07) is 13.2. The van der Waals surface area contributed by atoms with Crippen LogP contribution in [0, 0.1) is 0 Å². The molecule has 94 valence electrons. The second kappa shape index (κ2) is 6.35. The summed E-state index contributed by atoms with van der Waals surface area (Å²) in [4.78, 5) is 4.25. The van der Waals surface area contributed by atoms with Gasteiger partial charge in [0.05, 0.1) is 18.9 Å². The number of anilines is 1. The van der Waals surface area contributed by atoms with Gasteiger partial charge in [-0.2, -0.15) is 0 Å². The molecule has 0 saturated carbocycles. The molecule has 0 radical (unpaired) electrons. The Balaban J connectivity index is 1.90. The first-order chi connectivity index (χ1) is 8.79. The molecule has 0 amide bonds. The monoisotopic (exact) mass is 263 g/mol. The van der Waals surface area contributed by atoms with Gasteiger partial charge >= 0.3 is 0 Å². The predicted molar refractivity (Wildman–Crippen MR) is 72.0 cm³/mol. The third-order valence-electron chi connectivity index (χ3n) is 2.42. The number of benzene rings is 1. The normalized spacial score (nSPS) is 10.3. The van der Waals surface area contributed by atoms with Gasteiger partial charge in [-0.15, -0.1) is 0 Å². The minimum atomic E-state index is 0.417. The van der Waals surface area contributed by atoms with Gasteiger partial charge in [0.25, 0.3) is 0 Å². The number of nitrogen functional groups attached to an aromatic ring is 1. The summed E-state index contributed by atoms with van der Waals surface area (Å²) >= 11 is 6.03. The van der Waals surface area contributed by atoms with Gasteiger partial charge in [-0.1, -0.05) is 35.9 Å². The molecule has 18 heavy (non-hydrogen) atoms. The van der Waals surface area contributed by atoms with E-state index in [0.29, 0.717) is 24.1 Å². The average molecular weight is 264 g/mol. The van der Waals surface area contributed by atoms with Gasteiger partial charge in [0.1, 0.15) is 5.82 Å². The Kier molecular flexibility index (Phi) is 4.52. The van der Waals surface area contributed by atoms with Crippen molar-refractivity contribution in [2.24, 2.45) is 5.84 Å². The van der Waals surface area contributed by atoms with Crippen LogP contribution in [0.15, 0.2) is 42.5 Å². The summed E-state index contributed by atoms with van der Waals surface area (Å²) in [5.74, 6) is 5.91. The van der Waals surface area contributed by atoms with E-state index < -0.39 is 0 Å². The van der Waals surface area contributed by atoms with Crippen molar-refractivity contribution >= 4 is 17.4 Å². The van der Waals surface area contributed by atoms with Crippen molar-refractivity contribution in [3.8, 4) is 0 Å². The second-order valence-electron chi connectivity index (χ2n) is 3.74. The van der Waals surface area contributed by atoms with Crippen LogP contribution in [0.25, 0.3) is 0 Å². The molecule has 0 aliphatic carbocycles. The summed E-state index contributed by atoms with van der Waals surface area (Å²) in [5.41, 5.74) is 4.28. The number of halogens is 1. The van der Waals surface area contributed by atoms with Crippen LogP contribution >= 0.6 is 11.6 Å². The van der Waals surface area contributed by atoms with Crippen molar-refractivity contribution in [3.05, 3.63) is 58.7 Å². The molecule has 0 atom stereocenters. The van der Waals surface area contributed by atoms with Crippen molar-refractivity contribution in [3.63, 3.8) is 0 Å². The van der Waals surface area contributed by atoms with Gasteiger partial charge in [0, 0.05) is 5.02 Å². The Bertz CT molecular complexity index is 519. The lowest BCUT2D eigenvalue weighted by atomic mass is 10.2. The van der Waals surface area contributed by atoms with Crippen molar-refractivity contribution in [2.75, 3.05) is 5.43 Å². The highest BCUT2D eigenvalue weighted by atomic mass is 35.5. The van der Waals surface area contributed by atoms with E-state index in [4.69, 9.17) is 22.2 Å². The summed E-state index contributed by atoms with van der Waals surface area (Å²) in [6.45, 7) is 0.877. The molecule has 0 aliphatic rings. The fourth-order valence-corrected chi connectivity index (χ4v) is 1.71. The standard InChI is InChI=1S/C13H14ClN3O/c14-12-6-2-1-4-10(12)8-18-9-11-5-3-7-13(16-11)17-15/h1-7H,8-9,15H2,(H,16,17). The number of nitrogens with two attached hydrogens (primary N) is 1. The maximum absolute atomic E-state index is 6.03. The third-order valence-corrected chi connectivity index (χ3v) is 2.79. The number of rotatable bonds is 5. The van der Waals surface area contributed by atoms with Gasteiger partial charge in [-0.3, -0.25) is 0 Å². The number of hydrazine groups is 1. The van der Waals surface area contributed by atoms with Crippen molar-refractivity contribution < 1.29 is 4.74 Å². The summed E-state index contributed by atoms with van der Waals surface area (Å²) in [6.07, 6.45) is 0. The molecular weight excluding hydrogens is 250 g/mol. The molecule has 1 heterocycles. The topological polar surface area (TPSA) is 60.2 Å². The minimum absolute atomic E-state index is 0.417. The highest BCUT2D eigenvalue weighted by molar-refractivity contribution is 6.31. The van der Waals surface area contributed by atoms with E-state index >= 15 is 0 Å². The molecule has 2 rings (SSSR count). The largest absolute Gasteiger partial charge is 0.370 e. The quantitative estimate of drug-likeness (QED) is 0.643. The van der Waals surface area contributed by atoms with E-state index in [1.54, 1.807) is 6.07 Å². The molecule has 0 spiro atoms. The molecule has 0 fully saturated rings. The van der Waals surface area contributed by atoms with Crippen LogP contribution in [0.5, 0.6) is 0 Å². The molecule has 0 bridgehead atoms. The zero-order valence-corrected chi connectivity index (χ0v) is 10.5. The minimum Gasteiger partial charge on any atom is -0.370 e. The smallest absolute Gasteiger partial charge is 0.140 e. The number of aromatic nitrogens is 1. The van der Waals surface area contributed by atoms with Gasteiger partial charge in [-0.25, -0.2) is 10.8 Å². The SMILES string of the molecule is NNc1cccc(COCc2ccccc2Cl)n1. The Morgan fingerprint density at radius 1 is 1.11 bits per heavy atom. The lowest BCUT2D eigenvalue weighted by molar-refractivity contribution is 0.105. The second-order valence-corrected chi connectivity index (χ2v) is 4.15. The summed E-state index contributed by atoms with van der Waals surface area (Å²) in [7, 11) is 0. The molecule has 2 aromatic rings. The number of ether oxygens (including phenoxy) is 1. The van der Waals surface area contributed by atoms with Crippen LogP contribution in [-0.4, -0.2) is 4.98 Å². The Morgan fingerprint density at radius 2 is 1.94 bits per heavy atom. The lowest BCUT2D eigenvalue weighted by Gasteiger charge is -2.06. The van der Waals surface area contributed by atoms with Crippen LogP contribution in [0.2, 0.25) is 5.02 Å². The molecule has 5 heteroatoms. The van der Waals surface area contributed by atoms with Gasteiger partial charge in [0.15, 0.2) is 0 Å². The van der Waals surface area contributed by atoms with E-state index in [0.717, 1.165) is 11.3 Å². The number of hydrogen-bond acceptors (Lipinski definition) is 4. The number of nitrogens with one attached hydrogen (secondary N) is 1. The molecule has 0 aliphatic heterocycles. The van der Waals surface area contributed by atoms with Crippen LogP contribution in [0.4, 0.5) is 5.82 Å². The number of pyridine rings is 1. The van der Waals surface area contributed by atoms with Crippen molar-refractivity contribution in [1.82, 2.24) is 4.98 Å². The van der Waals surface area contributed by atoms with Crippen LogP contribution in [-0.2, 0) is 18.0 Å². The van der Waals surface area contributed by atoms with Crippen LogP contribution in [0.3, 0.4) is 0 Å². The molecular formula is C13H14ClN3O. The van der Waals surface area contributed by atoms with E-state index in [-0.39, 0.29) is 0 Å². The molecule has 0 saturated heterocycles. The molecule has 0 unspecified atom stereocenters. The first-order valence-electron chi connectivity index (χ1n) is 5.53. The number of nitrogens with zero attached hydrogens (tertiary/aromatic N) is 1. The fraction of sp³-hybridized carbons (Fsp3) is 0.154. The zero-order valence-electron chi connectivity index (χ0n) is 9.77. The summed E-state index contributed by atoms with van der Waals surface area (Å²) < 4.78 is 5.57. The lowest BCUT2D eigenvalue weighted by Crippen LogP contribution is -2.09. The van der Waals surface area contributed by atoms with Gasteiger partial charge in [0.2, 0.25) is 0 Å². The Labute approximate surface area is 111 Å². The third kappa shape index (κ3) is 3.43. The maximum Gasteiger partial charge on any atom is 0.140 e. The van der Waals surface area contributed by atoms with Gasteiger partial charge in [-0.05, 0) is 23.8 Å². The van der Waals surface area contributed by atoms with Gasteiger partial charge < -0.3 is 10.2 Å². The molecule has 4 nitrogen and oxygen atoms in total. The molecule has 1 aromatic carbocycles. The average Bonchev–Trinajstić information content (AvgIpc) is 2.41. The number of hydrogen-bond donors (Lipinski definition) is 2. The Morgan fingerprint density at radius 3 is 2.72 bits per heavy atom. The van der Waals surface area contributed by atoms with Crippen molar-refractivity contribution in [1.29, 1.82) is 0 Å². The predicted octanol–water partition coefficient (Wildman–Crippen LogP) is 2.74. The fourth-order valence-electron chi connectivity index (χ4n) is 1.52. The molecule has 3 N–H and O–H groups in total. The van der Waals surface area contributed by atoms with E-state index in [1.165, 1.54) is 0 Å². The van der Waals surface area contributed by atoms with Crippen molar-refractivity contribution in [2.45, 2.75) is 13.2 Å². The van der Waals surface area contributed by atoms with E-state index in [1.807, 2.05) is 36.4 Å². The Hall–Kier alpha value is -1.62. The van der Waals surface area contributed by atoms with Crippen LogP contribution in [0.1, 0.15) is 11.3 Å². The summed E-state index contributed by atoms with van der Waals surface area (Å²) in [5, 5.41) is 0.711. The maximum atomic E-state index is 6.03. The highest BCUT2D eigenvalue weighted by Gasteiger charge is 2.00. The first kappa shape index (κ1) is 12.8. The van der Waals surface area contributed by atoms with Crippen LogP contribution < -0.4 is 11.3 Å². The molecule has 1 aromatic heterocycles.